The molecular weight excluding hydrogens is 1680 g/mol. The smallest absolute Gasteiger partial charge is 0.0715 e. The minimum atomic E-state index is 0.953. The highest BCUT2D eigenvalue weighted by atomic mass is 14.7. The Morgan fingerprint density at radius 2 is 0.410 bits per heavy atom. The van der Waals surface area contributed by atoms with Crippen molar-refractivity contribution in [2.45, 2.75) is 6.92 Å². The van der Waals surface area contributed by atoms with E-state index < -0.39 is 0 Å². The summed E-state index contributed by atoms with van der Waals surface area (Å²) in [6.07, 6.45) is 13.0. The quantitative estimate of drug-likeness (QED) is 0.102. The van der Waals surface area contributed by atoms with Crippen molar-refractivity contribution in [1.82, 2.24) is 24.9 Å². The van der Waals surface area contributed by atoms with Crippen LogP contribution in [0.15, 0.2) is 523 Å². The molecular formula is C134H89N5. The van der Waals surface area contributed by atoms with Crippen LogP contribution in [0.3, 0.4) is 0 Å². The van der Waals surface area contributed by atoms with Crippen molar-refractivity contribution < 1.29 is 0 Å². The van der Waals surface area contributed by atoms with Crippen LogP contribution in [0.5, 0.6) is 0 Å². The van der Waals surface area contributed by atoms with Crippen LogP contribution in [0.25, 0.3) is 253 Å². The summed E-state index contributed by atoms with van der Waals surface area (Å²) in [4.78, 5) is 22.7. The second kappa shape index (κ2) is 36.9. The van der Waals surface area contributed by atoms with E-state index in [9.17, 15) is 0 Å². The molecule has 26 aromatic rings. The second-order valence-corrected chi connectivity index (χ2v) is 35.8. The third kappa shape index (κ3) is 16.6. The molecule has 0 saturated carbocycles. The normalized spacial score (nSPS) is 11.3. The van der Waals surface area contributed by atoms with Crippen molar-refractivity contribution in [3.05, 3.63) is 528 Å². The van der Waals surface area contributed by atoms with Crippen LogP contribution >= 0.6 is 0 Å². The molecule has 21 aromatic carbocycles. The molecule has 139 heavy (non-hydrogen) atoms. The summed E-state index contributed by atoms with van der Waals surface area (Å²) in [6, 6.07) is 173. The van der Waals surface area contributed by atoms with Crippen LogP contribution in [0.4, 0.5) is 0 Å². The zero-order valence-electron chi connectivity index (χ0n) is 76.4. The third-order valence-corrected chi connectivity index (χ3v) is 27.3. The Hall–Kier alpha value is -18.3. The minimum absolute atomic E-state index is 0.953. The van der Waals surface area contributed by atoms with E-state index in [1.54, 1.807) is 0 Å². The summed E-state index contributed by atoms with van der Waals surface area (Å²) in [6.45, 7) is 2.17. The molecule has 0 N–H and O–H groups in total. The first-order valence-corrected chi connectivity index (χ1v) is 47.4. The summed E-state index contributed by atoms with van der Waals surface area (Å²) in [5.41, 5.74) is 33.3. The number of rotatable bonds is 14. The first-order chi connectivity index (χ1) is 68.8. The van der Waals surface area contributed by atoms with Crippen LogP contribution < -0.4 is 0 Å². The van der Waals surface area contributed by atoms with E-state index in [4.69, 9.17) is 4.98 Å². The zero-order valence-corrected chi connectivity index (χ0v) is 76.4. The number of benzene rings is 21. The van der Waals surface area contributed by atoms with Crippen LogP contribution in [-0.4, -0.2) is 24.9 Å². The van der Waals surface area contributed by atoms with Gasteiger partial charge in [0.25, 0.3) is 0 Å². The van der Waals surface area contributed by atoms with Crippen molar-refractivity contribution in [3.63, 3.8) is 0 Å². The third-order valence-electron chi connectivity index (χ3n) is 27.3. The van der Waals surface area contributed by atoms with Crippen molar-refractivity contribution in [2.75, 3.05) is 0 Å². The summed E-state index contributed by atoms with van der Waals surface area (Å²) in [5, 5.41) is 23.1. The van der Waals surface area contributed by atoms with E-state index in [0.717, 1.165) is 78.3 Å². The summed E-state index contributed by atoms with van der Waals surface area (Å²) < 4.78 is 0. The van der Waals surface area contributed by atoms with Gasteiger partial charge in [0.2, 0.25) is 0 Å². The standard InChI is InChI=1S/C47H31N.C46H30N2.C41H28N2/c1-4-14-32(15-5-1)35-24-26-42-40-22-12-13-23-41(40)43-27-25-36(29-45(43)44(42)28-35)38-20-10-11-21-39(38)37-30-46(33-16-6-2-7-17-33)48-47(31-37)34-18-8-3-9-19-34;1-2-7-31(8-3-1)36-13-16-44-45(29-36)42-12-5-4-11-41(42)43-15-14-37(30-46(43)44)34-9-6-10-35(25-34)40-27-38(32-17-21-47-22-18-32)26-39(28-40)33-19-23-48-24-20-33;1-27-14-16-37-35-11-2-3-12-36(35)38-17-15-30(25-40(38)39(37)20-27)28-8-6-9-29(21-28)32-22-33(31-10-7-18-42-26-31)24-34(23-32)41-13-4-5-19-43-41/h1-31H;1-30H;2-26H,1H3. The van der Waals surface area contributed by atoms with Gasteiger partial charge in [-0.15, -0.1) is 0 Å². The Kier molecular flexibility index (Phi) is 22.3. The van der Waals surface area contributed by atoms with Gasteiger partial charge in [0.1, 0.15) is 0 Å². The average Bonchev–Trinajstić information content (AvgIpc) is 0.743. The topological polar surface area (TPSA) is 64.5 Å². The van der Waals surface area contributed by atoms with E-state index in [0.29, 0.717) is 0 Å². The Balaban J connectivity index is 0.000000114. The summed E-state index contributed by atoms with van der Waals surface area (Å²) in [5.74, 6) is 0. The van der Waals surface area contributed by atoms with Gasteiger partial charge in [-0.3, -0.25) is 19.9 Å². The van der Waals surface area contributed by atoms with Gasteiger partial charge in [0.05, 0.1) is 17.1 Å². The maximum atomic E-state index is 5.14. The molecule has 0 atom stereocenters. The maximum absolute atomic E-state index is 5.14. The Bertz CT molecular complexity index is 8980. The predicted octanol–water partition coefficient (Wildman–Crippen LogP) is 36.1. The van der Waals surface area contributed by atoms with Crippen LogP contribution in [0.1, 0.15) is 5.56 Å². The van der Waals surface area contributed by atoms with Gasteiger partial charge in [-0.1, -0.05) is 351 Å². The van der Waals surface area contributed by atoms with Gasteiger partial charge in [-0.2, -0.15) is 0 Å². The van der Waals surface area contributed by atoms with Gasteiger partial charge in [0, 0.05) is 65.6 Å². The van der Waals surface area contributed by atoms with E-state index in [-0.39, 0.29) is 0 Å². The van der Waals surface area contributed by atoms with Crippen molar-refractivity contribution in [3.8, 4) is 156 Å². The van der Waals surface area contributed by atoms with E-state index >= 15 is 0 Å². The molecule has 0 aliphatic carbocycles. The molecule has 0 spiro atoms. The fraction of sp³-hybridized carbons (Fsp3) is 0.00746. The van der Waals surface area contributed by atoms with E-state index in [2.05, 4.69) is 488 Å². The van der Waals surface area contributed by atoms with E-state index in [1.807, 2.05) is 61.6 Å². The molecule has 0 fully saturated rings. The number of fused-ring (bicyclic) bond motifs is 18. The zero-order chi connectivity index (χ0) is 92.5. The highest BCUT2D eigenvalue weighted by Crippen LogP contribution is 2.47. The lowest BCUT2D eigenvalue weighted by atomic mass is 9.88. The predicted molar refractivity (Wildman–Crippen MR) is 587 cm³/mol. The van der Waals surface area contributed by atoms with Gasteiger partial charge >= 0.3 is 0 Å². The Labute approximate surface area is 807 Å². The molecule has 0 aliphatic heterocycles. The number of hydrogen-bond acceptors (Lipinski definition) is 5. The fourth-order valence-corrected chi connectivity index (χ4v) is 20.5. The Morgan fingerprint density at radius 3 is 0.827 bits per heavy atom. The highest BCUT2D eigenvalue weighted by molar-refractivity contribution is 6.29. The summed E-state index contributed by atoms with van der Waals surface area (Å²) >= 11 is 0. The number of hydrogen-bond donors (Lipinski definition) is 0. The van der Waals surface area contributed by atoms with Crippen LogP contribution in [0, 0.1) is 6.92 Å². The molecule has 0 unspecified atom stereocenters. The molecule has 5 nitrogen and oxygen atoms in total. The Morgan fingerprint density at radius 1 is 0.129 bits per heavy atom. The van der Waals surface area contributed by atoms with Crippen molar-refractivity contribution >= 4 is 97.0 Å². The average molecular weight is 1770 g/mol. The number of aromatic nitrogens is 5. The summed E-state index contributed by atoms with van der Waals surface area (Å²) in [7, 11) is 0. The maximum Gasteiger partial charge on any atom is 0.0715 e. The SMILES string of the molecule is Cc1ccc2c3ccccc3c3ccc(-c4cccc(-c5cc(-c6cccnc6)cc(-c6ccccn6)c5)c4)cc3c2c1.c1ccc(-c2ccc3c(c2)c2ccccc2c2ccc(-c4cccc(-c5cc(-c6ccncc6)cc(-c6ccncc6)c5)c4)cc23)cc1.c1ccc(-c2ccc3c4ccccc4c4ccc(-c5ccccc5-c5cc(-c6ccccc6)nc(-c6ccccc6)c5)cc4c3c2)cc1. The van der Waals surface area contributed by atoms with Gasteiger partial charge < -0.3 is 0 Å². The lowest BCUT2D eigenvalue weighted by Crippen LogP contribution is -1.93. The monoisotopic (exact) mass is 1770 g/mol. The minimum Gasteiger partial charge on any atom is -0.265 e. The van der Waals surface area contributed by atoms with Gasteiger partial charge in [0.15, 0.2) is 0 Å². The molecule has 0 radical (unpaired) electrons. The lowest BCUT2D eigenvalue weighted by Gasteiger charge is -2.16. The fourth-order valence-electron chi connectivity index (χ4n) is 20.5. The molecule has 0 bridgehead atoms. The highest BCUT2D eigenvalue weighted by Gasteiger charge is 2.21. The van der Waals surface area contributed by atoms with Crippen molar-refractivity contribution in [1.29, 1.82) is 0 Å². The second-order valence-electron chi connectivity index (χ2n) is 35.8. The van der Waals surface area contributed by atoms with E-state index in [1.165, 1.54) is 180 Å². The first-order valence-electron chi connectivity index (χ1n) is 47.4. The number of aryl methyl sites for hydroxylation is 1. The lowest BCUT2D eigenvalue weighted by molar-refractivity contribution is 1.32. The molecule has 0 saturated heterocycles. The van der Waals surface area contributed by atoms with Crippen LogP contribution in [-0.2, 0) is 0 Å². The molecule has 0 aliphatic rings. The van der Waals surface area contributed by atoms with Crippen molar-refractivity contribution in [2.24, 2.45) is 0 Å². The molecule has 650 valence electrons. The largest absolute Gasteiger partial charge is 0.265 e. The molecule has 5 heteroatoms. The van der Waals surface area contributed by atoms with Crippen LogP contribution in [0.2, 0.25) is 0 Å². The number of pyridine rings is 5. The molecule has 5 heterocycles. The van der Waals surface area contributed by atoms with Gasteiger partial charge in [-0.25, -0.2) is 4.98 Å². The molecule has 26 rings (SSSR count). The molecule has 0 amide bonds. The first kappa shape index (κ1) is 83.8. The number of nitrogens with zero attached hydrogens (tertiary/aromatic N) is 5. The molecule has 5 aromatic heterocycles. The van der Waals surface area contributed by atoms with Gasteiger partial charge in [-0.05, 0) is 354 Å².